The number of hydrogen-bond donors (Lipinski definition) is 2. The number of nitrogens with zero attached hydrogens (tertiary/aromatic N) is 3. The van der Waals surface area contributed by atoms with Crippen molar-refractivity contribution < 1.29 is 27.5 Å². The van der Waals surface area contributed by atoms with Gasteiger partial charge in [-0.3, -0.25) is 9.59 Å². The molecule has 1 aliphatic carbocycles. The highest BCUT2D eigenvalue weighted by atomic mass is 35.5. The van der Waals surface area contributed by atoms with Crippen LogP contribution in [0.3, 0.4) is 0 Å². The highest BCUT2D eigenvalue weighted by molar-refractivity contribution is 5.97. The number of carbonyl (C=O) groups is 2. The summed E-state index contributed by atoms with van der Waals surface area (Å²) in [4.78, 5) is 32.3. The molecule has 2 N–H and O–H groups in total. The molecule has 0 aromatic heterocycles. The Bertz CT molecular complexity index is 1340. The van der Waals surface area contributed by atoms with Crippen LogP contribution in [0.15, 0.2) is 36.4 Å². The van der Waals surface area contributed by atoms with Gasteiger partial charge in [0.25, 0.3) is 11.8 Å². The molecule has 2 amide bonds. The highest BCUT2D eigenvalue weighted by Gasteiger charge is 2.34. The standard InChI is InChI=1S/C33H42F3N5O3.2ClH/c34-33(35,36)26-18-25(19-27(21-26)39-12-10-37-11-13-39)32(43)41-16-14-40(15-17-41)31(42)24-6-7-30(44-28-8-9-38-22-28)29(20-24)23-4-2-1-3-5-23;;/h6-7,18-21,23,28,37-38H,1-5,8-17,22H2;2*1H/t28-;;/m0../s1. The van der Waals surface area contributed by atoms with Crippen molar-refractivity contribution in [2.45, 2.75) is 56.7 Å². The lowest BCUT2D eigenvalue weighted by atomic mass is 9.83. The van der Waals surface area contributed by atoms with E-state index in [-0.39, 0.29) is 55.5 Å². The number of benzene rings is 2. The fraction of sp³-hybridized carbons (Fsp3) is 0.576. The second-order valence-corrected chi connectivity index (χ2v) is 12.4. The maximum absolute atomic E-state index is 13.8. The molecule has 13 heteroatoms. The molecular weight excluding hydrogens is 642 g/mol. The Morgan fingerprint density at radius 1 is 0.739 bits per heavy atom. The van der Waals surface area contributed by atoms with Crippen molar-refractivity contribution in [1.29, 1.82) is 0 Å². The van der Waals surface area contributed by atoms with Gasteiger partial charge in [0, 0.05) is 75.7 Å². The molecule has 2 aromatic rings. The lowest BCUT2D eigenvalue weighted by Gasteiger charge is -2.35. The second-order valence-electron chi connectivity index (χ2n) is 12.4. The third-order valence-corrected chi connectivity index (χ3v) is 9.44. The number of alkyl halides is 3. The van der Waals surface area contributed by atoms with Crippen LogP contribution in [0.1, 0.15) is 76.3 Å². The van der Waals surface area contributed by atoms with Crippen LogP contribution in [-0.2, 0) is 6.18 Å². The molecule has 3 saturated heterocycles. The summed E-state index contributed by atoms with van der Waals surface area (Å²) >= 11 is 0. The summed E-state index contributed by atoms with van der Waals surface area (Å²) in [5, 5.41) is 6.55. The summed E-state index contributed by atoms with van der Waals surface area (Å²) in [5.74, 6) is 0.707. The van der Waals surface area contributed by atoms with E-state index in [0.29, 0.717) is 56.4 Å². The molecule has 46 heavy (non-hydrogen) atoms. The van der Waals surface area contributed by atoms with Crippen LogP contribution < -0.4 is 20.3 Å². The number of amides is 2. The Kier molecular flexibility index (Phi) is 12.5. The Morgan fingerprint density at radius 2 is 1.39 bits per heavy atom. The van der Waals surface area contributed by atoms with Gasteiger partial charge in [0.1, 0.15) is 11.9 Å². The fourth-order valence-corrected chi connectivity index (χ4v) is 6.91. The summed E-state index contributed by atoms with van der Waals surface area (Å²) in [6, 6.07) is 9.43. The van der Waals surface area contributed by atoms with Gasteiger partial charge in [0.2, 0.25) is 0 Å². The van der Waals surface area contributed by atoms with Crippen molar-refractivity contribution in [3.63, 3.8) is 0 Å². The molecule has 2 aromatic carbocycles. The number of nitrogens with one attached hydrogen (secondary N) is 2. The van der Waals surface area contributed by atoms with E-state index in [4.69, 9.17) is 4.74 Å². The molecule has 8 nitrogen and oxygen atoms in total. The SMILES string of the molecule is Cl.Cl.O=C(c1cc(N2CCNCC2)cc(C(F)(F)F)c1)N1CCN(C(=O)c2ccc(O[C@H]3CCNC3)c(C3CCCCC3)c2)CC1. The predicted molar refractivity (Wildman–Crippen MR) is 177 cm³/mol. The van der Waals surface area contributed by atoms with Crippen molar-refractivity contribution in [2.24, 2.45) is 0 Å². The molecule has 4 aliphatic rings. The second kappa shape index (κ2) is 15.9. The van der Waals surface area contributed by atoms with Crippen molar-refractivity contribution >= 4 is 42.3 Å². The lowest BCUT2D eigenvalue weighted by molar-refractivity contribution is -0.137. The monoisotopic (exact) mass is 685 g/mol. The van der Waals surface area contributed by atoms with E-state index in [9.17, 15) is 22.8 Å². The molecule has 4 fully saturated rings. The van der Waals surface area contributed by atoms with Crippen LogP contribution in [0.4, 0.5) is 18.9 Å². The number of ether oxygens (including phenoxy) is 1. The van der Waals surface area contributed by atoms with Gasteiger partial charge in [0.15, 0.2) is 0 Å². The van der Waals surface area contributed by atoms with E-state index >= 15 is 0 Å². The lowest BCUT2D eigenvalue weighted by Crippen LogP contribution is -2.50. The molecule has 3 aliphatic heterocycles. The third kappa shape index (κ3) is 8.40. The van der Waals surface area contributed by atoms with Crippen molar-refractivity contribution in [2.75, 3.05) is 70.3 Å². The molecule has 1 saturated carbocycles. The first-order valence-electron chi connectivity index (χ1n) is 16.0. The summed E-state index contributed by atoms with van der Waals surface area (Å²) in [6.07, 6.45) is 2.29. The predicted octanol–water partition coefficient (Wildman–Crippen LogP) is 5.35. The Labute approximate surface area is 281 Å². The Balaban J connectivity index is 0.00000240. The quantitative estimate of drug-likeness (QED) is 0.428. The molecule has 0 radical (unpaired) electrons. The van der Waals surface area contributed by atoms with E-state index in [2.05, 4.69) is 10.6 Å². The fourth-order valence-electron chi connectivity index (χ4n) is 6.91. The number of anilines is 1. The number of carbonyl (C=O) groups excluding carboxylic acids is 2. The maximum atomic E-state index is 13.8. The molecule has 0 unspecified atom stereocenters. The summed E-state index contributed by atoms with van der Waals surface area (Å²) in [7, 11) is 0. The zero-order chi connectivity index (χ0) is 30.7. The van der Waals surface area contributed by atoms with E-state index in [0.717, 1.165) is 55.8 Å². The average molecular weight is 687 g/mol. The van der Waals surface area contributed by atoms with Gasteiger partial charge in [-0.05, 0) is 73.7 Å². The number of rotatable bonds is 6. The van der Waals surface area contributed by atoms with Gasteiger partial charge in [-0.15, -0.1) is 24.8 Å². The number of halogens is 5. The van der Waals surface area contributed by atoms with Crippen LogP contribution in [0.5, 0.6) is 5.75 Å². The molecule has 1 atom stereocenters. The third-order valence-electron chi connectivity index (χ3n) is 9.44. The van der Waals surface area contributed by atoms with E-state index in [1.165, 1.54) is 19.3 Å². The Hall–Kier alpha value is -2.73. The molecule has 0 bridgehead atoms. The van der Waals surface area contributed by atoms with Gasteiger partial charge in [-0.2, -0.15) is 13.2 Å². The first-order chi connectivity index (χ1) is 21.3. The van der Waals surface area contributed by atoms with Crippen LogP contribution in [0, 0.1) is 0 Å². The zero-order valence-corrected chi connectivity index (χ0v) is 27.6. The molecule has 6 rings (SSSR count). The summed E-state index contributed by atoms with van der Waals surface area (Å²) < 4.78 is 47.7. The minimum absolute atomic E-state index is 0. The van der Waals surface area contributed by atoms with E-state index in [1.807, 2.05) is 23.1 Å². The molecular formula is C33H44Cl2F3N5O3. The van der Waals surface area contributed by atoms with Gasteiger partial charge in [-0.25, -0.2) is 0 Å². The topological polar surface area (TPSA) is 77.2 Å². The minimum Gasteiger partial charge on any atom is -0.489 e. The maximum Gasteiger partial charge on any atom is 0.416 e. The van der Waals surface area contributed by atoms with Crippen molar-refractivity contribution in [3.05, 3.63) is 58.7 Å². The number of piperazine rings is 2. The van der Waals surface area contributed by atoms with Crippen LogP contribution in [0.25, 0.3) is 0 Å². The zero-order valence-electron chi connectivity index (χ0n) is 25.9. The largest absolute Gasteiger partial charge is 0.489 e. The average Bonchev–Trinajstić information content (AvgIpc) is 3.58. The van der Waals surface area contributed by atoms with Gasteiger partial charge in [-0.1, -0.05) is 19.3 Å². The summed E-state index contributed by atoms with van der Waals surface area (Å²) in [5.41, 5.74) is 1.33. The Morgan fingerprint density at radius 3 is 2.00 bits per heavy atom. The van der Waals surface area contributed by atoms with Gasteiger partial charge < -0.3 is 30.1 Å². The van der Waals surface area contributed by atoms with E-state index < -0.39 is 17.6 Å². The smallest absolute Gasteiger partial charge is 0.416 e. The van der Waals surface area contributed by atoms with Gasteiger partial charge >= 0.3 is 6.18 Å². The summed E-state index contributed by atoms with van der Waals surface area (Å²) in [6.45, 7) is 5.41. The normalized spacial score (nSPS) is 20.9. The minimum atomic E-state index is -4.56. The van der Waals surface area contributed by atoms with Crippen LogP contribution in [0.2, 0.25) is 0 Å². The van der Waals surface area contributed by atoms with Crippen molar-refractivity contribution in [3.8, 4) is 5.75 Å². The highest BCUT2D eigenvalue weighted by Crippen LogP contribution is 2.39. The molecule has 254 valence electrons. The first kappa shape index (κ1) is 36.1. The number of hydrogen-bond acceptors (Lipinski definition) is 6. The molecule has 3 heterocycles. The van der Waals surface area contributed by atoms with E-state index in [1.54, 1.807) is 15.9 Å². The first-order valence-corrected chi connectivity index (χ1v) is 16.0. The van der Waals surface area contributed by atoms with Crippen molar-refractivity contribution in [1.82, 2.24) is 20.4 Å². The molecule has 0 spiro atoms. The van der Waals surface area contributed by atoms with Crippen LogP contribution in [-0.4, -0.2) is 93.2 Å². The van der Waals surface area contributed by atoms with Crippen LogP contribution >= 0.6 is 24.8 Å². The van der Waals surface area contributed by atoms with Gasteiger partial charge in [0.05, 0.1) is 5.56 Å².